The normalized spacial score (nSPS) is 27.1. The first-order valence-electron chi connectivity index (χ1n) is 10.3. The van der Waals surface area contributed by atoms with Gasteiger partial charge in [-0.1, -0.05) is 40.0 Å². The number of amides is 1. The first-order chi connectivity index (χ1) is 13.5. The maximum absolute atomic E-state index is 12.2. The zero-order valence-corrected chi connectivity index (χ0v) is 17.4. The molecule has 1 aliphatic rings. The first kappa shape index (κ1) is 27.2. The topological polar surface area (TPSA) is 140 Å². The molecule has 1 heterocycles. The SMILES string of the molecule is CC.CCCCCCC(=O)N(CCO)CCO[C@H]1OC(CO)[C@@H](O)C(O)C1O. The molecular weight excluding hydrogens is 370 g/mol. The summed E-state index contributed by atoms with van der Waals surface area (Å²) in [5, 5.41) is 47.6. The summed E-state index contributed by atoms with van der Waals surface area (Å²) in [5.74, 6) is -0.0763. The summed E-state index contributed by atoms with van der Waals surface area (Å²) in [5.41, 5.74) is 0. The van der Waals surface area contributed by atoms with E-state index in [1.807, 2.05) is 13.8 Å². The Labute approximate surface area is 167 Å². The van der Waals surface area contributed by atoms with Gasteiger partial charge in [0.25, 0.3) is 0 Å². The molecule has 1 fully saturated rings. The number of aliphatic hydroxyl groups excluding tert-OH is 5. The molecule has 1 saturated heterocycles. The maximum atomic E-state index is 12.2. The van der Waals surface area contributed by atoms with Gasteiger partial charge >= 0.3 is 0 Å². The Kier molecular flexibility index (Phi) is 15.6. The van der Waals surface area contributed by atoms with Crippen LogP contribution in [0.4, 0.5) is 0 Å². The molecule has 168 valence electrons. The number of unbranched alkanes of at least 4 members (excludes halogenated alkanes) is 3. The standard InChI is InChI=1S/C17H33NO8.C2H6/c1-2-3-4-5-6-13(21)18(7-9-19)8-10-25-17-16(24)15(23)14(22)12(11-20)26-17;1-2/h12,14-17,19-20,22-24H,2-11H2,1H3;1-2H3/t12?,14-,15?,16?,17+;/m1./s1. The molecule has 9 heteroatoms. The van der Waals surface area contributed by atoms with Crippen LogP contribution in [0.1, 0.15) is 52.9 Å². The van der Waals surface area contributed by atoms with Crippen molar-refractivity contribution in [3.05, 3.63) is 0 Å². The van der Waals surface area contributed by atoms with E-state index in [2.05, 4.69) is 6.92 Å². The highest BCUT2D eigenvalue weighted by Gasteiger charge is 2.43. The first-order valence-corrected chi connectivity index (χ1v) is 10.3. The fourth-order valence-corrected chi connectivity index (χ4v) is 2.83. The van der Waals surface area contributed by atoms with Crippen molar-refractivity contribution in [3.63, 3.8) is 0 Å². The summed E-state index contributed by atoms with van der Waals surface area (Å²) in [4.78, 5) is 13.7. The summed E-state index contributed by atoms with van der Waals surface area (Å²) >= 11 is 0. The lowest BCUT2D eigenvalue weighted by atomic mass is 9.99. The van der Waals surface area contributed by atoms with Crippen molar-refractivity contribution in [2.45, 2.75) is 83.6 Å². The van der Waals surface area contributed by atoms with E-state index < -0.39 is 37.3 Å². The van der Waals surface area contributed by atoms with E-state index in [0.29, 0.717) is 6.42 Å². The largest absolute Gasteiger partial charge is 0.395 e. The third-order valence-corrected chi connectivity index (χ3v) is 4.46. The molecule has 0 bridgehead atoms. The Morgan fingerprint density at radius 1 is 1.00 bits per heavy atom. The minimum Gasteiger partial charge on any atom is -0.395 e. The van der Waals surface area contributed by atoms with Gasteiger partial charge in [0, 0.05) is 19.5 Å². The number of carbonyl (C=O) groups excluding carboxylic acids is 1. The second-order valence-electron chi connectivity index (χ2n) is 6.48. The summed E-state index contributed by atoms with van der Waals surface area (Å²) in [7, 11) is 0. The van der Waals surface area contributed by atoms with E-state index in [9.17, 15) is 20.1 Å². The van der Waals surface area contributed by atoms with Gasteiger partial charge in [-0.05, 0) is 6.42 Å². The molecule has 0 aromatic rings. The molecule has 5 atom stereocenters. The molecule has 0 saturated carbocycles. The third kappa shape index (κ3) is 9.13. The highest BCUT2D eigenvalue weighted by Crippen LogP contribution is 2.21. The predicted octanol–water partition coefficient (Wildman–Crippen LogP) is -0.380. The molecule has 3 unspecified atom stereocenters. The van der Waals surface area contributed by atoms with Gasteiger partial charge in [-0.2, -0.15) is 0 Å². The van der Waals surface area contributed by atoms with Crippen LogP contribution >= 0.6 is 0 Å². The van der Waals surface area contributed by atoms with Gasteiger partial charge in [-0.25, -0.2) is 0 Å². The third-order valence-electron chi connectivity index (χ3n) is 4.46. The number of nitrogens with zero attached hydrogens (tertiary/aromatic N) is 1. The quantitative estimate of drug-likeness (QED) is 0.275. The molecule has 1 aliphatic heterocycles. The molecule has 1 rings (SSSR count). The zero-order chi connectivity index (χ0) is 21.5. The van der Waals surface area contributed by atoms with Gasteiger partial charge in [0.1, 0.15) is 24.4 Å². The van der Waals surface area contributed by atoms with Gasteiger partial charge in [0.15, 0.2) is 6.29 Å². The van der Waals surface area contributed by atoms with Gasteiger partial charge in [0.2, 0.25) is 5.91 Å². The van der Waals surface area contributed by atoms with Crippen molar-refractivity contribution in [1.29, 1.82) is 0 Å². The van der Waals surface area contributed by atoms with Crippen molar-refractivity contribution in [1.82, 2.24) is 4.90 Å². The number of hydrogen-bond donors (Lipinski definition) is 5. The van der Waals surface area contributed by atoms with Crippen LogP contribution in [0, 0.1) is 0 Å². The Balaban J connectivity index is 0.00000352. The fourth-order valence-electron chi connectivity index (χ4n) is 2.83. The predicted molar refractivity (Wildman–Crippen MR) is 103 cm³/mol. The van der Waals surface area contributed by atoms with E-state index in [1.54, 1.807) is 0 Å². The van der Waals surface area contributed by atoms with Crippen LogP contribution in [0.15, 0.2) is 0 Å². The molecule has 28 heavy (non-hydrogen) atoms. The highest BCUT2D eigenvalue weighted by atomic mass is 16.7. The smallest absolute Gasteiger partial charge is 0.222 e. The van der Waals surface area contributed by atoms with Gasteiger partial charge < -0.3 is 39.9 Å². The van der Waals surface area contributed by atoms with Crippen molar-refractivity contribution >= 4 is 5.91 Å². The summed E-state index contributed by atoms with van der Waals surface area (Å²) in [6.07, 6.45) is -2.32. The van der Waals surface area contributed by atoms with Gasteiger partial charge in [-0.15, -0.1) is 0 Å². The molecule has 0 radical (unpaired) electrons. The Morgan fingerprint density at radius 3 is 2.25 bits per heavy atom. The highest BCUT2D eigenvalue weighted by molar-refractivity contribution is 5.76. The molecule has 1 amide bonds. The number of aliphatic hydroxyl groups is 5. The second-order valence-corrected chi connectivity index (χ2v) is 6.48. The lowest BCUT2D eigenvalue weighted by Gasteiger charge is -2.39. The molecule has 0 aliphatic carbocycles. The van der Waals surface area contributed by atoms with E-state index in [1.165, 1.54) is 4.90 Å². The molecular formula is C19H39NO8. The van der Waals surface area contributed by atoms with E-state index in [-0.39, 0.29) is 32.2 Å². The van der Waals surface area contributed by atoms with E-state index in [4.69, 9.17) is 19.7 Å². The van der Waals surface area contributed by atoms with Gasteiger partial charge in [-0.3, -0.25) is 4.79 Å². The van der Waals surface area contributed by atoms with Crippen LogP contribution in [0.3, 0.4) is 0 Å². The van der Waals surface area contributed by atoms with Crippen LogP contribution < -0.4 is 0 Å². The Hall–Kier alpha value is -0.810. The van der Waals surface area contributed by atoms with Crippen molar-refractivity contribution in [2.24, 2.45) is 0 Å². The summed E-state index contributed by atoms with van der Waals surface area (Å²) in [6.45, 7) is 5.80. The van der Waals surface area contributed by atoms with Gasteiger partial charge in [0.05, 0.1) is 19.8 Å². The molecule has 0 spiro atoms. The second kappa shape index (κ2) is 16.0. The van der Waals surface area contributed by atoms with Crippen LogP contribution in [-0.4, -0.2) is 100.0 Å². The number of hydrogen-bond acceptors (Lipinski definition) is 8. The fraction of sp³-hybridized carbons (Fsp3) is 0.947. The van der Waals surface area contributed by atoms with E-state index >= 15 is 0 Å². The molecule has 9 nitrogen and oxygen atoms in total. The van der Waals surface area contributed by atoms with Crippen LogP contribution in [0.5, 0.6) is 0 Å². The number of carbonyl (C=O) groups is 1. The average molecular weight is 410 g/mol. The summed E-state index contributed by atoms with van der Waals surface area (Å²) in [6, 6.07) is 0. The van der Waals surface area contributed by atoms with Crippen LogP contribution in [0.2, 0.25) is 0 Å². The number of rotatable bonds is 12. The lowest BCUT2D eigenvalue weighted by Crippen LogP contribution is -2.59. The van der Waals surface area contributed by atoms with Crippen LogP contribution in [-0.2, 0) is 14.3 Å². The lowest BCUT2D eigenvalue weighted by molar-refractivity contribution is -0.301. The average Bonchev–Trinajstić information content (AvgIpc) is 2.71. The van der Waals surface area contributed by atoms with Crippen molar-refractivity contribution in [3.8, 4) is 0 Å². The maximum Gasteiger partial charge on any atom is 0.222 e. The minimum atomic E-state index is -1.50. The molecule has 5 N–H and O–H groups in total. The molecule has 0 aromatic heterocycles. The number of ether oxygens (including phenoxy) is 2. The van der Waals surface area contributed by atoms with Crippen LogP contribution in [0.25, 0.3) is 0 Å². The monoisotopic (exact) mass is 409 g/mol. The Morgan fingerprint density at radius 2 is 1.68 bits per heavy atom. The van der Waals surface area contributed by atoms with Crippen molar-refractivity contribution < 1.29 is 39.8 Å². The van der Waals surface area contributed by atoms with Crippen molar-refractivity contribution in [2.75, 3.05) is 32.9 Å². The summed E-state index contributed by atoms with van der Waals surface area (Å²) < 4.78 is 10.6. The Bertz CT molecular complexity index is 396. The molecule has 0 aromatic carbocycles. The zero-order valence-electron chi connectivity index (χ0n) is 17.4. The minimum absolute atomic E-state index is 0.0173. The van der Waals surface area contributed by atoms with E-state index in [0.717, 1.165) is 25.7 Å².